The molecule has 24 heavy (non-hydrogen) atoms. The molecular weight excluding hydrogens is 292 g/mol. The maximum absolute atomic E-state index is 2.62. The van der Waals surface area contributed by atoms with Crippen molar-refractivity contribution in [1.82, 2.24) is 9.80 Å². The molecule has 0 spiro atoms. The van der Waals surface area contributed by atoms with Crippen LogP contribution in [-0.4, -0.2) is 36.5 Å². The first-order chi connectivity index (χ1) is 11.8. The quantitative estimate of drug-likeness (QED) is 0.838. The fourth-order valence-electron chi connectivity index (χ4n) is 4.39. The molecule has 1 atom stereocenters. The van der Waals surface area contributed by atoms with E-state index in [0.717, 1.165) is 13.1 Å². The minimum absolute atomic E-state index is 0.604. The number of nitrogens with zero attached hydrogens (tertiary/aromatic N) is 2. The maximum Gasteiger partial charge on any atom is 0.0348 e. The van der Waals surface area contributed by atoms with E-state index in [1.54, 1.807) is 16.7 Å². The summed E-state index contributed by atoms with van der Waals surface area (Å²) in [7, 11) is 2.31. The van der Waals surface area contributed by atoms with Gasteiger partial charge in [0.05, 0.1) is 0 Å². The van der Waals surface area contributed by atoms with Gasteiger partial charge in [-0.25, -0.2) is 0 Å². The number of aryl methyl sites for hydroxylation is 1. The third-order valence-corrected chi connectivity index (χ3v) is 5.85. The summed E-state index contributed by atoms with van der Waals surface area (Å²) in [4.78, 5) is 5.20. The predicted molar refractivity (Wildman–Crippen MR) is 100 cm³/mol. The minimum atomic E-state index is 0.604. The van der Waals surface area contributed by atoms with E-state index in [-0.39, 0.29) is 0 Å². The van der Waals surface area contributed by atoms with Gasteiger partial charge in [-0.3, -0.25) is 9.80 Å². The third-order valence-electron chi connectivity index (χ3n) is 5.85. The van der Waals surface area contributed by atoms with Gasteiger partial charge in [0.15, 0.2) is 0 Å². The number of rotatable bonds is 4. The summed E-state index contributed by atoms with van der Waals surface area (Å²) in [5.74, 6) is 0. The molecule has 0 N–H and O–H groups in total. The first kappa shape index (κ1) is 15.9. The topological polar surface area (TPSA) is 6.48 Å². The third kappa shape index (κ3) is 3.26. The van der Waals surface area contributed by atoms with Crippen LogP contribution in [0.25, 0.3) is 0 Å². The summed E-state index contributed by atoms with van der Waals surface area (Å²) in [5.41, 5.74) is 6.19. The van der Waals surface area contributed by atoms with Crippen LogP contribution in [0.4, 0.5) is 0 Å². The van der Waals surface area contributed by atoms with Crippen molar-refractivity contribution < 1.29 is 0 Å². The Hall–Kier alpha value is -1.64. The molecule has 0 saturated heterocycles. The van der Waals surface area contributed by atoms with Gasteiger partial charge in [-0.05, 0) is 55.0 Å². The van der Waals surface area contributed by atoms with E-state index in [9.17, 15) is 0 Å². The summed E-state index contributed by atoms with van der Waals surface area (Å²) in [6.07, 6.45) is 5.08. The van der Waals surface area contributed by atoms with Gasteiger partial charge in [0, 0.05) is 32.2 Å². The first-order valence-electron chi connectivity index (χ1n) is 9.38. The molecule has 0 amide bonds. The molecule has 0 fully saturated rings. The van der Waals surface area contributed by atoms with E-state index in [0.29, 0.717) is 6.04 Å². The molecule has 2 aliphatic rings. The number of hydrogen-bond donors (Lipinski definition) is 0. The molecule has 1 aliphatic carbocycles. The molecule has 4 rings (SSSR count). The minimum Gasteiger partial charge on any atom is -0.298 e. The van der Waals surface area contributed by atoms with E-state index in [4.69, 9.17) is 0 Å². The van der Waals surface area contributed by atoms with Crippen molar-refractivity contribution in [2.24, 2.45) is 0 Å². The van der Waals surface area contributed by atoms with Crippen LogP contribution < -0.4 is 0 Å². The van der Waals surface area contributed by atoms with Crippen LogP contribution in [0.3, 0.4) is 0 Å². The molecule has 2 heteroatoms. The monoisotopic (exact) mass is 320 g/mol. The SMILES string of the molecule is CN(CCN1CCc2ccccc2C1)C1CCCc2ccccc21. The molecule has 1 unspecified atom stereocenters. The molecule has 2 aromatic carbocycles. The van der Waals surface area contributed by atoms with E-state index in [1.165, 1.54) is 44.3 Å². The Morgan fingerprint density at radius 1 is 0.958 bits per heavy atom. The van der Waals surface area contributed by atoms with Gasteiger partial charge >= 0.3 is 0 Å². The molecule has 126 valence electrons. The van der Waals surface area contributed by atoms with E-state index >= 15 is 0 Å². The van der Waals surface area contributed by atoms with Crippen molar-refractivity contribution in [2.45, 2.75) is 38.3 Å². The van der Waals surface area contributed by atoms with E-state index in [2.05, 4.69) is 65.4 Å². The van der Waals surface area contributed by atoms with Crippen LogP contribution in [0.15, 0.2) is 48.5 Å². The van der Waals surface area contributed by atoms with Crippen molar-refractivity contribution in [3.05, 3.63) is 70.8 Å². The van der Waals surface area contributed by atoms with E-state index < -0.39 is 0 Å². The van der Waals surface area contributed by atoms with Crippen molar-refractivity contribution >= 4 is 0 Å². The average molecular weight is 320 g/mol. The highest BCUT2D eigenvalue weighted by Crippen LogP contribution is 2.33. The van der Waals surface area contributed by atoms with Crippen molar-refractivity contribution in [3.8, 4) is 0 Å². The standard InChI is InChI=1S/C22H28N2/c1-23(22-12-6-10-19-8-4-5-11-21(19)22)15-16-24-14-13-18-7-2-3-9-20(18)17-24/h2-5,7-9,11,22H,6,10,12-17H2,1H3. The van der Waals surface area contributed by atoms with Gasteiger partial charge in [0.1, 0.15) is 0 Å². The lowest BCUT2D eigenvalue weighted by molar-refractivity contribution is 0.169. The zero-order chi connectivity index (χ0) is 16.4. The molecule has 1 aliphatic heterocycles. The van der Waals surface area contributed by atoms with Crippen LogP contribution >= 0.6 is 0 Å². The van der Waals surface area contributed by atoms with Gasteiger partial charge in [-0.1, -0.05) is 48.5 Å². The summed E-state index contributed by atoms with van der Waals surface area (Å²) in [6.45, 7) is 4.64. The Kier molecular flexibility index (Phi) is 4.68. The number of fused-ring (bicyclic) bond motifs is 2. The van der Waals surface area contributed by atoms with Crippen LogP contribution in [0, 0.1) is 0 Å². The predicted octanol–water partition coefficient (Wildman–Crippen LogP) is 4.05. The van der Waals surface area contributed by atoms with Crippen LogP contribution in [0.5, 0.6) is 0 Å². The van der Waals surface area contributed by atoms with Crippen molar-refractivity contribution in [3.63, 3.8) is 0 Å². The maximum atomic E-state index is 2.62. The lowest BCUT2D eigenvalue weighted by atomic mass is 9.87. The Morgan fingerprint density at radius 3 is 2.58 bits per heavy atom. The number of benzene rings is 2. The highest BCUT2D eigenvalue weighted by atomic mass is 15.2. The fraction of sp³-hybridized carbons (Fsp3) is 0.455. The Balaban J connectivity index is 1.37. The second-order valence-electron chi connectivity index (χ2n) is 7.38. The smallest absolute Gasteiger partial charge is 0.0348 e. The second-order valence-corrected chi connectivity index (χ2v) is 7.38. The van der Waals surface area contributed by atoms with Crippen LogP contribution in [0.1, 0.15) is 41.1 Å². The molecule has 2 aromatic rings. The molecule has 1 heterocycles. The Morgan fingerprint density at radius 2 is 1.71 bits per heavy atom. The summed E-state index contributed by atoms with van der Waals surface area (Å²) in [5, 5.41) is 0. The molecular formula is C22H28N2. The molecule has 0 radical (unpaired) electrons. The normalized spacial score (nSPS) is 20.7. The van der Waals surface area contributed by atoms with Crippen molar-refractivity contribution in [1.29, 1.82) is 0 Å². The lowest BCUT2D eigenvalue weighted by Crippen LogP contribution is -2.38. The van der Waals surface area contributed by atoms with Gasteiger partial charge in [-0.2, -0.15) is 0 Å². The van der Waals surface area contributed by atoms with Gasteiger partial charge in [0.2, 0.25) is 0 Å². The van der Waals surface area contributed by atoms with Crippen LogP contribution in [0.2, 0.25) is 0 Å². The van der Waals surface area contributed by atoms with Gasteiger partial charge in [0.25, 0.3) is 0 Å². The average Bonchev–Trinajstić information content (AvgIpc) is 2.65. The van der Waals surface area contributed by atoms with Gasteiger partial charge < -0.3 is 0 Å². The molecule has 0 saturated carbocycles. The highest BCUT2D eigenvalue weighted by Gasteiger charge is 2.24. The Labute approximate surface area is 146 Å². The summed E-state index contributed by atoms with van der Waals surface area (Å²) in [6, 6.07) is 18.6. The summed E-state index contributed by atoms with van der Waals surface area (Å²) < 4.78 is 0. The highest BCUT2D eigenvalue weighted by molar-refractivity contribution is 5.32. The van der Waals surface area contributed by atoms with Crippen molar-refractivity contribution in [2.75, 3.05) is 26.7 Å². The number of likely N-dealkylation sites (N-methyl/N-ethyl adjacent to an activating group) is 1. The second kappa shape index (κ2) is 7.08. The number of hydrogen-bond acceptors (Lipinski definition) is 2. The zero-order valence-electron chi connectivity index (χ0n) is 14.7. The van der Waals surface area contributed by atoms with Crippen LogP contribution in [-0.2, 0) is 19.4 Å². The fourth-order valence-corrected chi connectivity index (χ4v) is 4.39. The lowest BCUT2D eigenvalue weighted by Gasteiger charge is -2.35. The first-order valence-corrected chi connectivity index (χ1v) is 9.38. The molecule has 0 aromatic heterocycles. The molecule has 2 nitrogen and oxygen atoms in total. The largest absolute Gasteiger partial charge is 0.298 e. The zero-order valence-corrected chi connectivity index (χ0v) is 14.7. The molecule has 0 bridgehead atoms. The summed E-state index contributed by atoms with van der Waals surface area (Å²) >= 11 is 0. The Bertz CT molecular complexity index is 694. The van der Waals surface area contributed by atoms with E-state index in [1.807, 2.05) is 0 Å². The van der Waals surface area contributed by atoms with Gasteiger partial charge in [-0.15, -0.1) is 0 Å².